The van der Waals surface area contributed by atoms with Crippen molar-refractivity contribution in [2.24, 2.45) is 0 Å². The highest BCUT2D eigenvalue weighted by molar-refractivity contribution is 5.92. The molecule has 0 atom stereocenters. The van der Waals surface area contributed by atoms with Crippen LogP contribution in [0.25, 0.3) is 6.08 Å². The van der Waals surface area contributed by atoms with E-state index in [1.165, 1.54) is 18.2 Å². The number of nitrogen functional groups attached to an aromatic ring is 2. The summed E-state index contributed by atoms with van der Waals surface area (Å²) in [4.78, 5) is 36.5. The van der Waals surface area contributed by atoms with Gasteiger partial charge in [-0.1, -0.05) is 12.1 Å². The molecule has 0 amide bonds. The number of anilines is 2. The van der Waals surface area contributed by atoms with Gasteiger partial charge in [-0.25, -0.2) is 14.4 Å². The third-order valence-corrected chi connectivity index (χ3v) is 5.88. The Morgan fingerprint density at radius 1 is 0.667 bits per heavy atom. The van der Waals surface area contributed by atoms with Gasteiger partial charge in [0.2, 0.25) is 0 Å². The number of hydrogen-bond donors (Lipinski definition) is 2. The smallest absolute Gasteiger partial charge is 0.343 e. The number of nitrogens with two attached hydrogens (primary N) is 2. The molecule has 3 aromatic rings. The van der Waals surface area contributed by atoms with Crippen LogP contribution in [0.15, 0.2) is 72.8 Å². The van der Waals surface area contributed by atoms with Crippen LogP contribution < -0.4 is 20.9 Å². The number of methoxy groups -OCH3 is 1. The Morgan fingerprint density at radius 2 is 1.29 bits per heavy atom. The molecule has 3 rings (SSSR count). The predicted octanol–water partition coefficient (Wildman–Crippen LogP) is 5.07. The summed E-state index contributed by atoms with van der Waals surface area (Å²) in [6.07, 6.45) is 6.01. The van der Waals surface area contributed by atoms with Crippen LogP contribution in [0, 0.1) is 0 Å². The lowest BCUT2D eigenvalue weighted by Crippen LogP contribution is -2.09. The van der Waals surface area contributed by atoms with E-state index in [0.29, 0.717) is 66.7 Å². The van der Waals surface area contributed by atoms with Crippen LogP contribution in [0.2, 0.25) is 0 Å². The molecule has 10 heteroatoms. The van der Waals surface area contributed by atoms with E-state index in [1.807, 2.05) is 0 Å². The molecule has 0 aliphatic carbocycles. The highest BCUT2D eigenvalue weighted by atomic mass is 16.5. The average Bonchev–Trinajstić information content (AvgIpc) is 2.98. The van der Waals surface area contributed by atoms with Gasteiger partial charge < -0.3 is 35.2 Å². The van der Waals surface area contributed by atoms with Crippen molar-refractivity contribution in [3.05, 3.63) is 89.5 Å². The quantitative estimate of drug-likeness (QED) is 0.0778. The molecule has 10 nitrogen and oxygen atoms in total. The Morgan fingerprint density at radius 3 is 1.93 bits per heavy atom. The van der Waals surface area contributed by atoms with Gasteiger partial charge in [0.05, 0.1) is 30.9 Å². The lowest BCUT2D eigenvalue weighted by atomic mass is 10.2. The minimum absolute atomic E-state index is 0.284. The summed E-state index contributed by atoms with van der Waals surface area (Å²) >= 11 is 0. The third kappa shape index (κ3) is 11.3. The first-order chi connectivity index (χ1) is 20.3. The van der Waals surface area contributed by atoms with Crippen LogP contribution in [0.5, 0.6) is 11.5 Å². The fourth-order valence-corrected chi connectivity index (χ4v) is 3.73. The maximum Gasteiger partial charge on any atom is 0.343 e. The molecule has 0 aliphatic rings. The highest BCUT2D eigenvalue weighted by Gasteiger charge is 2.10. The van der Waals surface area contributed by atoms with Gasteiger partial charge in [-0.15, -0.1) is 0 Å². The van der Waals surface area contributed by atoms with Crippen molar-refractivity contribution in [1.82, 2.24) is 0 Å². The van der Waals surface area contributed by atoms with E-state index in [1.54, 1.807) is 67.8 Å². The number of carbonyl (C=O) groups is 3. The SMILES string of the molecule is COCCOc1ccc(C(=O)Oc2ccc(/C=C/C(=O)OCCCCCCOC(=O)c3cc(N)cc(N)c3)cc2)cc1. The van der Waals surface area contributed by atoms with Gasteiger partial charge in [-0.3, -0.25) is 0 Å². The first-order valence-electron chi connectivity index (χ1n) is 13.6. The Hall–Kier alpha value is -4.83. The summed E-state index contributed by atoms with van der Waals surface area (Å²) in [5.41, 5.74) is 13.7. The Bertz CT molecular complexity index is 1320. The highest BCUT2D eigenvalue weighted by Crippen LogP contribution is 2.18. The molecular formula is C32H36N2O8. The maximum atomic E-state index is 12.4. The van der Waals surface area contributed by atoms with Crippen molar-refractivity contribution < 1.29 is 38.1 Å². The molecule has 0 radical (unpaired) electrons. The Labute approximate surface area is 245 Å². The average molecular weight is 577 g/mol. The number of unbranched alkanes of at least 4 members (excludes halogenated alkanes) is 3. The number of benzene rings is 3. The van der Waals surface area contributed by atoms with Crippen LogP contribution in [-0.2, 0) is 19.0 Å². The van der Waals surface area contributed by atoms with E-state index in [0.717, 1.165) is 18.4 Å². The van der Waals surface area contributed by atoms with E-state index in [-0.39, 0.29) is 6.61 Å². The Kier molecular flexibility index (Phi) is 12.9. The second-order valence-corrected chi connectivity index (χ2v) is 9.26. The molecule has 0 aromatic heterocycles. The van der Waals surface area contributed by atoms with Crippen molar-refractivity contribution in [2.45, 2.75) is 25.7 Å². The molecule has 0 spiro atoms. The molecule has 222 valence electrons. The number of carbonyl (C=O) groups excluding carboxylic acids is 3. The monoisotopic (exact) mass is 576 g/mol. The fraction of sp³-hybridized carbons (Fsp3) is 0.281. The minimum atomic E-state index is -0.491. The van der Waals surface area contributed by atoms with Crippen LogP contribution in [0.1, 0.15) is 52.0 Å². The van der Waals surface area contributed by atoms with Crippen molar-refractivity contribution in [3.63, 3.8) is 0 Å². The van der Waals surface area contributed by atoms with Gasteiger partial charge in [-0.05, 0) is 91.9 Å². The van der Waals surface area contributed by atoms with Gasteiger partial charge in [0.25, 0.3) is 0 Å². The van der Waals surface area contributed by atoms with Gasteiger partial charge in [-0.2, -0.15) is 0 Å². The van der Waals surface area contributed by atoms with Crippen LogP contribution in [0.3, 0.4) is 0 Å². The number of esters is 3. The predicted molar refractivity (Wildman–Crippen MR) is 159 cm³/mol. The zero-order valence-electron chi connectivity index (χ0n) is 23.6. The van der Waals surface area contributed by atoms with E-state index in [4.69, 9.17) is 35.2 Å². The molecule has 0 heterocycles. The minimum Gasteiger partial charge on any atom is -0.491 e. The maximum absolute atomic E-state index is 12.4. The largest absolute Gasteiger partial charge is 0.491 e. The fourth-order valence-electron chi connectivity index (χ4n) is 3.73. The van der Waals surface area contributed by atoms with Crippen molar-refractivity contribution >= 4 is 35.4 Å². The van der Waals surface area contributed by atoms with Crippen LogP contribution in [-0.4, -0.2) is 51.4 Å². The molecule has 0 fully saturated rings. The standard InChI is InChI=1S/C32H36N2O8/c1-38-18-19-39-28-13-9-24(10-14-28)32(37)42-29-11-6-23(7-12-29)8-15-30(35)40-16-4-2-3-5-17-41-31(36)25-20-26(33)22-27(34)21-25/h6-15,20-22H,2-5,16-19,33-34H2,1H3/b15-8+. The topological polar surface area (TPSA) is 149 Å². The van der Waals surface area contributed by atoms with Gasteiger partial charge in [0, 0.05) is 24.6 Å². The van der Waals surface area contributed by atoms with Crippen LogP contribution >= 0.6 is 0 Å². The van der Waals surface area contributed by atoms with Crippen molar-refractivity contribution in [2.75, 3.05) is 45.0 Å². The molecule has 0 unspecified atom stereocenters. The normalized spacial score (nSPS) is 10.8. The molecule has 0 saturated carbocycles. The van der Waals surface area contributed by atoms with Crippen LogP contribution in [0.4, 0.5) is 11.4 Å². The molecule has 0 bridgehead atoms. The molecule has 0 saturated heterocycles. The van der Waals surface area contributed by atoms with Gasteiger partial charge in [0.15, 0.2) is 0 Å². The third-order valence-electron chi connectivity index (χ3n) is 5.88. The summed E-state index contributed by atoms with van der Waals surface area (Å²) in [6.45, 7) is 1.47. The lowest BCUT2D eigenvalue weighted by molar-refractivity contribution is -0.137. The summed E-state index contributed by atoms with van der Waals surface area (Å²) in [5, 5.41) is 0. The van der Waals surface area contributed by atoms with E-state index >= 15 is 0 Å². The summed E-state index contributed by atoms with van der Waals surface area (Å²) in [6, 6.07) is 18.0. The number of hydrogen-bond acceptors (Lipinski definition) is 10. The first-order valence-corrected chi connectivity index (χ1v) is 13.6. The lowest BCUT2D eigenvalue weighted by Gasteiger charge is -2.07. The number of ether oxygens (including phenoxy) is 5. The van der Waals surface area contributed by atoms with E-state index in [9.17, 15) is 14.4 Å². The van der Waals surface area contributed by atoms with Gasteiger partial charge in [0.1, 0.15) is 18.1 Å². The Balaban J connectivity index is 1.28. The van der Waals surface area contributed by atoms with E-state index in [2.05, 4.69) is 0 Å². The van der Waals surface area contributed by atoms with Crippen molar-refractivity contribution in [3.8, 4) is 11.5 Å². The molecular weight excluding hydrogens is 540 g/mol. The van der Waals surface area contributed by atoms with Crippen molar-refractivity contribution in [1.29, 1.82) is 0 Å². The second kappa shape index (κ2) is 17.1. The zero-order chi connectivity index (χ0) is 30.2. The molecule has 0 aliphatic heterocycles. The second-order valence-electron chi connectivity index (χ2n) is 9.26. The van der Waals surface area contributed by atoms with E-state index < -0.39 is 17.9 Å². The molecule has 42 heavy (non-hydrogen) atoms. The zero-order valence-corrected chi connectivity index (χ0v) is 23.6. The molecule has 4 N–H and O–H groups in total. The molecule has 3 aromatic carbocycles. The van der Waals surface area contributed by atoms with Gasteiger partial charge >= 0.3 is 17.9 Å². The summed E-state index contributed by atoms with van der Waals surface area (Å²) < 4.78 is 26.3. The summed E-state index contributed by atoms with van der Waals surface area (Å²) in [7, 11) is 1.60. The number of rotatable bonds is 16. The first kappa shape index (κ1) is 31.7. The summed E-state index contributed by atoms with van der Waals surface area (Å²) in [5.74, 6) is -0.387.